The zero-order valence-electron chi connectivity index (χ0n) is 17.9. The number of nitrogens with zero attached hydrogens (tertiary/aromatic N) is 3. The lowest BCUT2D eigenvalue weighted by Gasteiger charge is -2.10. The summed E-state index contributed by atoms with van der Waals surface area (Å²) in [4.78, 5) is 12.2. The summed E-state index contributed by atoms with van der Waals surface area (Å²) >= 11 is 6.13. The molecule has 0 unspecified atom stereocenters. The van der Waals surface area contributed by atoms with Crippen LogP contribution in [0.4, 0.5) is 5.69 Å². The standard InChI is InChI=1S/C25H22ClN3O4/c1-17-7-6-8-18(15-17)33-16-23(30)27-28-24-19-9-2-4-11-21(19)29(25(24)31)13-14-32-22-12-5-3-10-20(22)26/h2-12,15,31H,13-14,16H2,1H3. The average Bonchev–Trinajstić information content (AvgIpc) is 3.08. The minimum Gasteiger partial charge on any atom is -0.493 e. The van der Waals surface area contributed by atoms with Crippen LogP contribution < -0.4 is 9.47 Å². The zero-order valence-corrected chi connectivity index (χ0v) is 18.7. The summed E-state index contributed by atoms with van der Waals surface area (Å²) < 4.78 is 12.9. The molecule has 3 aromatic carbocycles. The molecule has 1 amide bonds. The first-order valence-corrected chi connectivity index (χ1v) is 10.7. The number of aromatic nitrogens is 1. The number of azo groups is 1. The van der Waals surface area contributed by atoms with E-state index >= 15 is 0 Å². The molecule has 0 aliphatic carbocycles. The molecule has 4 rings (SSSR count). The van der Waals surface area contributed by atoms with Crippen molar-refractivity contribution in [2.24, 2.45) is 10.2 Å². The van der Waals surface area contributed by atoms with Gasteiger partial charge in [0.25, 0.3) is 0 Å². The second-order valence-electron chi connectivity index (χ2n) is 7.32. The van der Waals surface area contributed by atoms with Crippen LogP contribution in [0.15, 0.2) is 83.0 Å². The molecule has 168 valence electrons. The van der Waals surface area contributed by atoms with Crippen molar-refractivity contribution < 1.29 is 19.4 Å². The highest BCUT2D eigenvalue weighted by atomic mass is 35.5. The van der Waals surface area contributed by atoms with Crippen LogP contribution >= 0.6 is 11.6 Å². The van der Waals surface area contributed by atoms with Crippen LogP contribution in [0.3, 0.4) is 0 Å². The molecule has 4 aromatic rings. The minimum absolute atomic E-state index is 0.102. The minimum atomic E-state index is -0.560. The van der Waals surface area contributed by atoms with E-state index in [0.29, 0.717) is 28.5 Å². The Morgan fingerprint density at radius 1 is 1.03 bits per heavy atom. The van der Waals surface area contributed by atoms with Gasteiger partial charge >= 0.3 is 5.91 Å². The van der Waals surface area contributed by atoms with Gasteiger partial charge in [-0.2, -0.15) is 0 Å². The molecule has 7 nitrogen and oxygen atoms in total. The van der Waals surface area contributed by atoms with Gasteiger partial charge in [-0.3, -0.25) is 4.79 Å². The Morgan fingerprint density at radius 3 is 2.64 bits per heavy atom. The molecular formula is C25H22ClN3O4. The second-order valence-corrected chi connectivity index (χ2v) is 7.73. The van der Waals surface area contributed by atoms with E-state index in [9.17, 15) is 9.90 Å². The fourth-order valence-electron chi connectivity index (χ4n) is 3.39. The molecule has 1 N–H and O–H groups in total. The third-order valence-corrected chi connectivity index (χ3v) is 5.25. The molecule has 8 heteroatoms. The molecule has 0 spiro atoms. The molecule has 0 aliphatic heterocycles. The Morgan fingerprint density at radius 2 is 1.82 bits per heavy atom. The van der Waals surface area contributed by atoms with E-state index < -0.39 is 5.91 Å². The fraction of sp³-hybridized carbons (Fsp3) is 0.160. The molecule has 1 aromatic heterocycles. The SMILES string of the molecule is Cc1cccc(OCC(=O)N=Nc2c(O)n(CCOc3ccccc3Cl)c3ccccc23)c1. The number of fused-ring (bicyclic) bond motifs is 1. The van der Waals surface area contributed by atoms with E-state index in [1.54, 1.807) is 22.8 Å². The van der Waals surface area contributed by atoms with Gasteiger partial charge in [0.1, 0.15) is 18.1 Å². The maximum Gasteiger partial charge on any atom is 0.302 e. The molecule has 0 radical (unpaired) electrons. The van der Waals surface area contributed by atoms with Crippen LogP contribution in [0, 0.1) is 6.92 Å². The van der Waals surface area contributed by atoms with Crippen molar-refractivity contribution in [3.05, 3.63) is 83.4 Å². The number of carbonyl (C=O) groups is 1. The van der Waals surface area contributed by atoms with E-state index in [1.165, 1.54) is 0 Å². The van der Waals surface area contributed by atoms with Crippen molar-refractivity contribution >= 4 is 34.1 Å². The third kappa shape index (κ3) is 5.32. The lowest BCUT2D eigenvalue weighted by atomic mass is 10.2. The lowest BCUT2D eigenvalue weighted by molar-refractivity contribution is -0.120. The number of aromatic hydroxyl groups is 1. The molecule has 0 saturated heterocycles. The first-order valence-electron chi connectivity index (χ1n) is 10.3. The summed E-state index contributed by atoms with van der Waals surface area (Å²) in [5.41, 5.74) is 1.99. The Hall–Kier alpha value is -3.84. The number of benzene rings is 3. The molecule has 0 fully saturated rings. The maximum atomic E-state index is 12.2. The Kier molecular flexibility index (Phi) is 6.90. The normalized spacial score (nSPS) is 11.2. The number of aryl methyl sites for hydroxylation is 1. The quantitative estimate of drug-likeness (QED) is 0.321. The van der Waals surface area contributed by atoms with Gasteiger partial charge in [0.05, 0.1) is 17.1 Å². The average molecular weight is 464 g/mol. The highest BCUT2D eigenvalue weighted by molar-refractivity contribution is 6.32. The number of halogens is 1. The van der Waals surface area contributed by atoms with Crippen molar-refractivity contribution in [3.8, 4) is 17.4 Å². The monoisotopic (exact) mass is 463 g/mol. The molecule has 0 aliphatic rings. The molecule has 0 saturated carbocycles. The first kappa shape index (κ1) is 22.4. The van der Waals surface area contributed by atoms with Crippen molar-refractivity contribution in [3.63, 3.8) is 0 Å². The van der Waals surface area contributed by atoms with Crippen LogP contribution in [-0.4, -0.2) is 28.8 Å². The van der Waals surface area contributed by atoms with E-state index in [4.69, 9.17) is 21.1 Å². The molecule has 0 bridgehead atoms. The van der Waals surface area contributed by atoms with Gasteiger partial charge in [0.15, 0.2) is 12.3 Å². The topological polar surface area (TPSA) is 85.4 Å². The van der Waals surface area contributed by atoms with Gasteiger partial charge < -0.3 is 19.1 Å². The van der Waals surface area contributed by atoms with Gasteiger partial charge in [0.2, 0.25) is 5.88 Å². The molecule has 0 atom stereocenters. The summed E-state index contributed by atoms with van der Waals surface area (Å²) in [6.45, 7) is 2.30. The number of hydrogen-bond acceptors (Lipinski definition) is 5. The fourth-order valence-corrected chi connectivity index (χ4v) is 3.58. The number of ether oxygens (including phenoxy) is 2. The van der Waals surface area contributed by atoms with Gasteiger partial charge in [-0.15, -0.1) is 10.2 Å². The van der Waals surface area contributed by atoms with Crippen LogP contribution in [0.1, 0.15) is 5.56 Å². The largest absolute Gasteiger partial charge is 0.493 e. The Bertz CT molecular complexity index is 1320. The maximum absolute atomic E-state index is 12.2. The molecule has 33 heavy (non-hydrogen) atoms. The number of hydrogen-bond donors (Lipinski definition) is 1. The van der Waals surface area contributed by atoms with Gasteiger partial charge in [-0.1, -0.05) is 54.1 Å². The van der Waals surface area contributed by atoms with Crippen LogP contribution in [0.2, 0.25) is 5.02 Å². The van der Waals surface area contributed by atoms with Crippen molar-refractivity contribution in [1.82, 2.24) is 4.57 Å². The third-order valence-electron chi connectivity index (χ3n) is 4.94. The van der Waals surface area contributed by atoms with Crippen LogP contribution in [0.5, 0.6) is 17.4 Å². The Balaban J connectivity index is 1.48. The summed E-state index contributed by atoms with van der Waals surface area (Å²) in [5.74, 6) is 0.482. The van der Waals surface area contributed by atoms with Crippen molar-refractivity contribution in [2.45, 2.75) is 13.5 Å². The van der Waals surface area contributed by atoms with Crippen molar-refractivity contribution in [2.75, 3.05) is 13.2 Å². The van der Waals surface area contributed by atoms with Crippen LogP contribution in [-0.2, 0) is 11.3 Å². The number of para-hydroxylation sites is 2. The van der Waals surface area contributed by atoms with E-state index in [1.807, 2.05) is 61.5 Å². The number of amides is 1. The molecule has 1 heterocycles. The van der Waals surface area contributed by atoms with Crippen LogP contribution in [0.25, 0.3) is 10.9 Å². The highest BCUT2D eigenvalue weighted by Gasteiger charge is 2.17. The smallest absolute Gasteiger partial charge is 0.302 e. The first-order chi connectivity index (χ1) is 16.0. The lowest BCUT2D eigenvalue weighted by Crippen LogP contribution is -2.08. The van der Waals surface area contributed by atoms with Gasteiger partial charge in [-0.05, 0) is 42.8 Å². The van der Waals surface area contributed by atoms with Gasteiger partial charge in [-0.25, -0.2) is 0 Å². The second kappa shape index (κ2) is 10.2. The molecular weight excluding hydrogens is 442 g/mol. The summed E-state index contributed by atoms with van der Waals surface area (Å²) in [7, 11) is 0. The number of rotatable bonds is 8. The van der Waals surface area contributed by atoms with E-state index in [-0.39, 0.29) is 24.8 Å². The predicted octanol–water partition coefficient (Wildman–Crippen LogP) is 6.08. The summed E-state index contributed by atoms with van der Waals surface area (Å²) in [5, 5.41) is 19.7. The van der Waals surface area contributed by atoms with E-state index in [0.717, 1.165) is 11.1 Å². The summed E-state index contributed by atoms with van der Waals surface area (Å²) in [6.07, 6.45) is 0. The van der Waals surface area contributed by atoms with E-state index in [2.05, 4.69) is 10.2 Å². The zero-order chi connectivity index (χ0) is 23.2. The van der Waals surface area contributed by atoms with Gasteiger partial charge in [0, 0.05) is 5.39 Å². The summed E-state index contributed by atoms with van der Waals surface area (Å²) in [6, 6.07) is 21.9. The Labute approximate surface area is 195 Å². The number of carbonyl (C=O) groups excluding carboxylic acids is 1. The van der Waals surface area contributed by atoms with Crippen molar-refractivity contribution in [1.29, 1.82) is 0 Å². The predicted molar refractivity (Wildman–Crippen MR) is 127 cm³/mol. The highest BCUT2D eigenvalue weighted by Crippen LogP contribution is 2.38.